The van der Waals surface area contributed by atoms with E-state index in [0.717, 1.165) is 12.0 Å². The maximum atomic E-state index is 14.3. The van der Waals surface area contributed by atoms with Crippen molar-refractivity contribution in [1.82, 2.24) is 0 Å². The summed E-state index contributed by atoms with van der Waals surface area (Å²) >= 11 is 0. The van der Waals surface area contributed by atoms with Crippen molar-refractivity contribution in [3.8, 4) is 5.75 Å². The van der Waals surface area contributed by atoms with Crippen molar-refractivity contribution in [1.29, 1.82) is 0 Å². The van der Waals surface area contributed by atoms with E-state index in [2.05, 4.69) is 5.32 Å². The van der Waals surface area contributed by atoms with E-state index >= 15 is 0 Å². The number of non-ortho nitro benzene ring substituents is 1. The summed E-state index contributed by atoms with van der Waals surface area (Å²) in [5, 5.41) is 15.2. The lowest BCUT2D eigenvalue weighted by Gasteiger charge is -2.30. The molecule has 0 radical (unpaired) electrons. The van der Waals surface area contributed by atoms with E-state index in [9.17, 15) is 19.7 Å². The molecule has 0 saturated carbocycles. The first-order valence-corrected chi connectivity index (χ1v) is 13.1. The quantitative estimate of drug-likeness (QED) is 0.102. The number of hydrogen-bond acceptors (Lipinski definition) is 7. The Kier molecular flexibility index (Phi) is 6.65. The lowest BCUT2D eigenvalue weighted by Crippen LogP contribution is -2.30. The Morgan fingerprint density at radius 1 is 0.902 bits per heavy atom. The summed E-state index contributed by atoms with van der Waals surface area (Å²) in [6.45, 7) is 2.03. The molecule has 8 nitrogen and oxygen atoms in total. The summed E-state index contributed by atoms with van der Waals surface area (Å²) < 4.78 is 12.1. The largest absolute Gasteiger partial charge is 0.439 e. The molecule has 8 heteroatoms. The zero-order valence-electron chi connectivity index (χ0n) is 22.0. The number of rotatable bonds is 7. The number of nitro benzene ring substituents is 1. The highest BCUT2D eigenvalue weighted by molar-refractivity contribution is 6.11. The molecule has 202 valence electrons. The van der Waals surface area contributed by atoms with Crippen LogP contribution in [0.5, 0.6) is 5.75 Å². The third-order valence-electron chi connectivity index (χ3n) is 7.16. The second-order valence-corrected chi connectivity index (χ2v) is 9.63. The second-order valence-electron chi connectivity index (χ2n) is 9.63. The van der Waals surface area contributed by atoms with Gasteiger partial charge in [0.25, 0.3) is 5.69 Å². The van der Waals surface area contributed by atoms with Crippen molar-refractivity contribution in [2.75, 3.05) is 5.32 Å². The molecular weight excluding hydrogens is 520 g/mol. The molecule has 41 heavy (non-hydrogen) atoms. The SMILES string of the molecule is CCc1ccc(C(=O)C2=C(Nc3ccccc3)Oc3c(c(=O)oc4ccccc34)C2c2ccc([N+](=O)[O-])cc2)cc1. The van der Waals surface area contributed by atoms with E-state index < -0.39 is 16.5 Å². The third-order valence-corrected chi connectivity index (χ3v) is 7.16. The van der Waals surface area contributed by atoms with Gasteiger partial charge in [-0.15, -0.1) is 0 Å². The summed E-state index contributed by atoms with van der Waals surface area (Å²) in [4.78, 5) is 38.8. The van der Waals surface area contributed by atoms with Crippen molar-refractivity contribution < 1.29 is 18.9 Å². The molecule has 1 aliphatic rings. The van der Waals surface area contributed by atoms with E-state index in [0.29, 0.717) is 27.8 Å². The molecule has 0 saturated heterocycles. The van der Waals surface area contributed by atoms with Crippen LogP contribution in [0.4, 0.5) is 11.4 Å². The zero-order valence-corrected chi connectivity index (χ0v) is 22.0. The number of carbonyl (C=O) groups excluding carboxylic acids is 1. The summed E-state index contributed by atoms with van der Waals surface area (Å²) in [6.07, 6.45) is 0.813. The average Bonchev–Trinajstić information content (AvgIpc) is 3.01. The fourth-order valence-electron chi connectivity index (χ4n) is 5.08. The normalized spacial score (nSPS) is 14.3. The fourth-order valence-corrected chi connectivity index (χ4v) is 5.08. The van der Waals surface area contributed by atoms with Crippen LogP contribution in [-0.2, 0) is 6.42 Å². The fraction of sp³-hybridized carbons (Fsp3) is 0.0909. The van der Waals surface area contributed by atoms with Gasteiger partial charge in [0, 0.05) is 23.4 Å². The molecule has 0 aliphatic carbocycles. The first-order chi connectivity index (χ1) is 19.9. The molecule has 6 rings (SSSR count). The number of Topliss-reactive ketones (excluding diaryl/α,β-unsaturated/α-hetero) is 1. The summed E-state index contributed by atoms with van der Waals surface area (Å²) in [6, 6.07) is 29.3. The van der Waals surface area contributed by atoms with Crippen molar-refractivity contribution in [2.45, 2.75) is 19.3 Å². The molecule has 0 amide bonds. The van der Waals surface area contributed by atoms with E-state index in [1.165, 1.54) is 12.1 Å². The minimum atomic E-state index is -0.940. The Morgan fingerprint density at radius 2 is 1.59 bits per heavy atom. The maximum absolute atomic E-state index is 14.3. The van der Waals surface area contributed by atoms with Crippen LogP contribution < -0.4 is 15.7 Å². The van der Waals surface area contributed by atoms with Gasteiger partial charge >= 0.3 is 5.63 Å². The molecule has 1 aliphatic heterocycles. The molecule has 0 fully saturated rings. The first-order valence-electron chi connectivity index (χ1n) is 13.1. The van der Waals surface area contributed by atoms with E-state index in [1.54, 1.807) is 48.5 Å². The van der Waals surface area contributed by atoms with Crippen LogP contribution in [0.25, 0.3) is 11.0 Å². The van der Waals surface area contributed by atoms with Gasteiger partial charge in [-0.05, 0) is 41.8 Å². The molecular formula is C33H24N2O6. The monoisotopic (exact) mass is 544 g/mol. The van der Waals surface area contributed by atoms with Gasteiger partial charge in [0.15, 0.2) is 11.5 Å². The van der Waals surface area contributed by atoms with Gasteiger partial charge in [0.05, 0.1) is 27.4 Å². The average molecular weight is 545 g/mol. The third kappa shape index (κ3) is 4.76. The van der Waals surface area contributed by atoms with Gasteiger partial charge in [-0.2, -0.15) is 0 Å². The van der Waals surface area contributed by atoms with Gasteiger partial charge in [0.2, 0.25) is 5.88 Å². The number of carbonyl (C=O) groups is 1. The Labute approximate surface area is 234 Å². The van der Waals surface area contributed by atoms with E-state index in [4.69, 9.17) is 9.15 Å². The van der Waals surface area contributed by atoms with Crippen LogP contribution in [0.3, 0.4) is 0 Å². The number of aryl methyl sites for hydroxylation is 1. The molecule has 1 unspecified atom stereocenters. The Morgan fingerprint density at radius 3 is 2.27 bits per heavy atom. The number of nitrogens with one attached hydrogen (secondary N) is 1. The number of nitro groups is 1. The zero-order chi connectivity index (χ0) is 28.5. The van der Waals surface area contributed by atoms with Gasteiger partial charge in [-0.25, -0.2) is 4.79 Å². The Hall–Kier alpha value is -5.50. The molecule has 1 aromatic heterocycles. The van der Waals surface area contributed by atoms with Gasteiger partial charge in [-0.1, -0.05) is 73.7 Å². The number of benzene rings is 4. The number of hydrogen-bond donors (Lipinski definition) is 1. The maximum Gasteiger partial charge on any atom is 0.344 e. The van der Waals surface area contributed by atoms with Crippen LogP contribution in [0, 0.1) is 10.1 Å². The topological polar surface area (TPSA) is 112 Å². The van der Waals surface area contributed by atoms with Crippen LogP contribution in [0.15, 0.2) is 124 Å². The van der Waals surface area contributed by atoms with Crippen LogP contribution in [0.1, 0.15) is 39.9 Å². The molecule has 2 heterocycles. The summed E-state index contributed by atoms with van der Waals surface area (Å²) in [5.74, 6) is -0.874. The van der Waals surface area contributed by atoms with Crippen LogP contribution >= 0.6 is 0 Å². The minimum absolute atomic E-state index is 0.110. The lowest BCUT2D eigenvalue weighted by molar-refractivity contribution is -0.384. The molecule has 0 spiro atoms. The van der Waals surface area contributed by atoms with Crippen molar-refractivity contribution in [3.05, 3.63) is 157 Å². The number of para-hydroxylation sites is 2. The highest BCUT2D eigenvalue weighted by atomic mass is 16.6. The second kappa shape index (κ2) is 10.6. The van der Waals surface area contributed by atoms with Gasteiger partial charge in [-0.3, -0.25) is 14.9 Å². The van der Waals surface area contributed by atoms with Crippen molar-refractivity contribution >= 4 is 28.1 Å². The number of nitrogens with zero attached hydrogens (tertiary/aromatic N) is 1. The van der Waals surface area contributed by atoms with E-state index in [-0.39, 0.29) is 34.2 Å². The van der Waals surface area contributed by atoms with Crippen molar-refractivity contribution in [2.24, 2.45) is 0 Å². The van der Waals surface area contributed by atoms with Crippen LogP contribution in [0.2, 0.25) is 0 Å². The molecule has 1 atom stereocenters. The number of anilines is 1. The standard InChI is InChI=1S/C33H24N2O6/c1-2-20-12-14-22(15-13-20)30(36)28-27(21-16-18-24(19-17-21)35(38)39)29-31(25-10-6-7-11-26(25)40-33(29)37)41-32(28)34-23-8-4-3-5-9-23/h3-19,27,34H,2H2,1H3. The van der Waals surface area contributed by atoms with Gasteiger partial charge in [0.1, 0.15) is 5.58 Å². The molecule has 1 N–H and O–H groups in total. The number of allylic oxidation sites excluding steroid dienone is 1. The summed E-state index contributed by atoms with van der Waals surface area (Å²) in [5.41, 5.74) is 2.55. The molecule has 4 aromatic carbocycles. The predicted molar refractivity (Wildman–Crippen MR) is 155 cm³/mol. The number of fused-ring (bicyclic) bond motifs is 3. The van der Waals surface area contributed by atoms with Crippen LogP contribution in [-0.4, -0.2) is 10.7 Å². The number of ether oxygens (including phenoxy) is 1. The highest BCUT2D eigenvalue weighted by Gasteiger charge is 2.40. The summed E-state index contributed by atoms with van der Waals surface area (Å²) in [7, 11) is 0. The Balaban J connectivity index is 1.64. The molecule has 0 bridgehead atoms. The van der Waals surface area contributed by atoms with Gasteiger partial charge < -0.3 is 14.5 Å². The Bertz CT molecular complexity index is 1870. The minimum Gasteiger partial charge on any atom is -0.439 e. The number of ketones is 1. The van der Waals surface area contributed by atoms with E-state index in [1.807, 2.05) is 49.4 Å². The van der Waals surface area contributed by atoms with Crippen molar-refractivity contribution in [3.63, 3.8) is 0 Å². The highest BCUT2D eigenvalue weighted by Crippen LogP contribution is 2.46. The smallest absolute Gasteiger partial charge is 0.344 e. The lowest BCUT2D eigenvalue weighted by atomic mass is 9.80. The molecule has 5 aromatic rings. The predicted octanol–water partition coefficient (Wildman–Crippen LogP) is 6.99. The first kappa shape index (κ1) is 25.8.